The molecule has 0 bridgehead atoms. The van der Waals surface area contributed by atoms with Gasteiger partial charge in [0.25, 0.3) is 0 Å². The highest BCUT2D eigenvalue weighted by Crippen LogP contribution is 2.35. The number of benzene rings is 2. The van der Waals surface area contributed by atoms with Gasteiger partial charge >= 0.3 is 0 Å². The molecule has 0 saturated heterocycles. The predicted molar refractivity (Wildman–Crippen MR) is 80.0 cm³/mol. The van der Waals surface area contributed by atoms with Gasteiger partial charge in [-0.3, -0.25) is 0 Å². The Morgan fingerprint density at radius 2 is 1.84 bits per heavy atom. The van der Waals surface area contributed by atoms with Crippen molar-refractivity contribution in [2.24, 2.45) is 0 Å². The number of rotatable bonds is 2. The van der Waals surface area contributed by atoms with Gasteiger partial charge in [0, 0.05) is 4.47 Å². The van der Waals surface area contributed by atoms with Crippen LogP contribution < -0.4 is 5.32 Å². The fourth-order valence-electron chi connectivity index (χ4n) is 2.71. The van der Waals surface area contributed by atoms with Crippen LogP contribution in [0, 0.1) is 0 Å². The van der Waals surface area contributed by atoms with Crippen LogP contribution in [0.4, 0.5) is 0 Å². The molecule has 2 atom stereocenters. The van der Waals surface area contributed by atoms with E-state index in [4.69, 9.17) is 0 Å². The Kier molecular flexibility index (Phi) is 3.69. The van der Waals surface area contributed by atoms with Crippen LogP contribution in [0.1, 0.15) is 28.8 Å². The van der Waals surface area contributed by atoms with E-state index in [-0.39, 0.29) is 6.04 Å². The molecule has 98 valence electrons. The number of hydrogen-bond acceptors (Lipinski definition) is 2. The molecule has 2 aromatic carbocycles. The summed E-state index contributed by atoms with van der Waals surface area (Å²) in [5, 5.41) is 14.1. The van der Waals surface area contributed by atoms with Crippen LogP contribution in [0.25, 0.3) is 0 Å². The third-order valence-corrected chi connectivity index (χ3v) is 4.41. The van der Waals surface area contributed by atoms with Crippen molar-refractivity contribution < 1.29 is 5.11 Å². The summed E-state index contributed by atoms with van der Waals surface area (Å²) >= 11 is 3.52. The SMILES string of the molecule is OC(c1ccccc1Br)C1NCCc2ccccc21. The minimum Gasteiger partial charge on any atom is -0.386 e. The van der Waals surface area contributed by atoms with Gasteiger partial charge in [-0.15, -0.1) is 0 Å². The molecular formula is C16H16BrNO. The van der Waals surface area contributed by atoms with E-state index in [9.17, 15) is 5.11 Å². The van der Waals surface area contributed by atoms with E-state index < -0.39 is 6.10 Å². The molecule has 1 aliphatic heterocycles. The van der Waals surface area contributed by atoms with Crippen LogP contribution in [0.3, 0.4) is 0 Å². The summed E-state index contributed by atoms with van der Waals surface area (Å²) in [6, 6.07) is 16.2. The van der Waals surface area contributed by atoms with Crippen molar-refractivity contribution in [1.29, 1.82) is 0 Å². The zero-order chi connectivity index (χ0) is 13.2. The van der Waals surface area contributed by atoms with E-state index in [0.717, 1.165) is 23.0 Å². The second-order valence-electron chi connectivity index (χ2n) is 4.85. The average molecular weight is 318 g/mol. The van der Waals surface area contributed by atoms with Gasteiger partial charge < -0.3 is 10.4 Å². The maximum Gasteiger partial charge on any atom is 0.0995 e. The Labute approximate surface area is 121 Å². The Morgan fingerprint density at radius 3 is 2.68 bits per heavy atom. The molecule has 0 radical (unpaired) electrons. The second-order valence-corrected chi connectivity index (χ2v) is 5.70. The van der Waals surface area contributed by atoms with Gasteiger partial charge in [-0.1, -0.05) is 58.4 Å². The van der Waals surface area contributed by atoms with Crippen LogP contribution in [0.5, 0.6) is 0 Å². The molecule has 2 unspecified atom stereocenters. The average Bonchev–Trinajstić information content (AvgIpc) is 2.46. The molecule has 0 saturated carbocycles. The molecule has 0 spiro atoms. The van der Waals surface area contributed by atoms with E-state index in [0.29, 0.717) is 0 Å². The minimum absolute atomic E-state index is 0.0383. The number of fused-ring (bicyclic) bond motifs is 1. The normalized spacial score (nSPS) is 19.8. The standard InChI is InChI=1S/C16H16BrNO/c17-14-8-4-3-7-13(14)16(19)15-12-6-2-1-5-11(12)9-10-18-15/h1-8,15-16,18-19H,9-10H2. The lowest BCUT2D eigenvalue weighted by molar-refractivity contribution is 0.125. The van der Waals surface area contributed by atoms with E-state index in [1.165, 1.54) is 11.1 Å². The van der Waals surface area contributed by atoms with E-state index >= 15 is 0 Å². The molecule has 0 aromatic heterocycles. The summed E-state index contributed by atoms with van der Waals surface area (Å²) in [6.45, 7) is 0.906. The molecule has 1 aliphatic rings. The fourth-order valence-corrected chi connectivity index (χ4v) is 3.23. The van der Waals surface area contributed by atoms with Gasteiger partial charge in [-0.2, -0.15) is 0 Å². The zero-order valence-corrected chi connectivity index (χ0v) is 12.1. The molecule has 3 rings (SSSR count). The lowest BCUT2D eigenvalue weighted by Gasteiger charge is -2.31. The number of aliphatic hydroxyl groups excluding tert-OH is 1. The largest absolute Gasteiger partial charge is 0.386 e. The van der Waals surface area contributed by atoms with Gasteiger partial charge in [-0.25, -0.2) is 0 Å². The fraction of sp³-hybridized carbons (Fsp3) is 0.250. The maximum absolute atomic E-state index is 10.7. The first-order valence-corrected chi connectivity index (χ1v) is 7.30. The van der Waals surface area contributed by atoms with Crippen LogP contribution in [-0.4, -0.2) is 11.7 Å². The van der Waals surface area contributed by atoms with Gasteiger partial charge in [0.05, 0.1) is 12.1 Å². The quantitative estimate of drug-likeness (QED) is 0.890. The summed E-state index contributed by atoms with van der Waals surface area (Å²) in [5.41, 5.74) is 3.46. The van der Waals surface area contributed by atoms with Crippen LogP contribution in [0.2, 0.25) is 0 Å². The van der Waals surface area contributed by atoms with Crippen molar-refractivity contribution in [3.63, 3.8) is 0 Å². The van der Waals surface area contributed by atoms with Crippen molar-refractivity contribution in [3.8, 4) is 0 Å². The Hall–Kier alpha value is -1.16. The highest BCUT2D eigenvalue weighted by Gasteiger charge is 2.27. The summed E-state index contributed by atoms with van der Waals surface area (Å²) in [7, 11) is 0. The first kappa shape index (κ1) is 12.9. The first-order valence-electron chi connectivity index (χ1n) is 6.51. The molecule has 0 fully saturated rings. The minimum atomic E-state index is -0.544. The van der Waals surface area contributed by atoms with Crippen LogP contribution >= 0.6 is 15.9 Å². The highest BCUT2D eigenvalue weighted by molar-refractivity contribution is 9.10. The van der Waals surface area contributed by atoms with Gasteiger partial charge in [0.2, 0.25) is 0 Å². The molecule has 2 nitrogen and oxygen atoms in total. The third-order valence-electron chi connectivity index (χ3n) is 3.69. The van der Waals surface area contributed by atoms with Gasteiger partial charge in [0.1, 0.15) is 0 Å². The van der Waals surface area contributed by atoms with E-state index in [1.807, 2.05) is 30.3 Å². The molecule has 2 N–H and O–H groups in total. The van der Waals surface area contributed by atoms with Gasteiger partial charge in [-0.05, 0) is 35.7 Å². The van der Waals surface area contributed by atoms with Crippen molar-refractivity contribution >= 4 is 15.9 Å². The summed E-state index contributed by atoms with van der Waals surface area (Å²) in [5.74, 6) is 0. The third kappa shape index (κ3) is 2.46. The Bertz CT molecular complexity index is 584. The second kappa shape index (κ2) is 5.45. The summed E-state index contributed by atoms with van der Waals surface area (Å²) < 4.78 is 0.951. The number of halogens is 1. The number of nitrogens with one attached hydrogen (secondary N) is 1. The monoisotopic (exact) mass is 317 g/mol. The van der Waals surface area contributed by atoms with Crippen molar-refractivity contribution in [1.82, 2.24) is 5.32 Å². The lowest BCUT2D eigenvalue weighted by atomic mass is 9.88. The van der Waals surface area contributed by atoms with Crippen LogP contribution in [-0.2, 0) is 6.42 Å². The van der Waals surface area contributed by atoms with E-state index in [1.54, 1.807) is 0 Å². The van der Waals surface area contributed by atoms with Crippen LogP contribution in [0.15, 0.2) is 53.0 Å². The first-order chi connectivity index (χ1) is 9.27. The molecule has 0 amide bonds. The topological polar surface area (TPSA) is 32.3 Å². The summed E-state index contributed by atoms with van der Waals surface area (Å²) in [6.07, 6.45) is 0.479. The molecule has 1 heterocycles. The van der Waals surface area contributed by atoms with E-state index in [2.05, 4.69) is 39.4 Å². The predicted octanol–water partition coefficient (Wildman–Crippen LogP) is 3.37. The Morgan fingerprint density at radius 1 is 1.11 bits per heavy atom. The molecule has 19 heavy (non-hydrogen) atoms. The number of hydrogen-bond donors (Lipinski definition) is 2. The molecule has 0 aliphatic carbocycles. The zero-order valence-electron chi connectivity index (χ0n) is 10.5. The number of aliphatic hydroxyl groups is 1. The van der Waals surface area contributed by atoms with Crippen molar-refractivity contribution in [2.45, 2.75) is 18.6 Å². The maximum atomic E-state index is 10.7. The van der Waals surface area contributed by atoms with Crippen molar-refractivity contribution in [3.05, 3.63) is 69.7 Å². The van der Waals surface area contributed by atoms with Crippen molar-refractivity contribution in [2.75, 3.05) is 6.54 Å². The van der Waals surface area contributed by atoms with Gasteiger partial charge in [0.15, 0.2) is 0 Å². The molecule has 3 heteroatoms. The molecular weight excluding hydrogens is 302 g/mol. The summed E-state index contributed by atoms with van der Waals surface area (Å²) in [4.78, 5) is 0. The highest BCUT2D eigenvalue weighted by atomic mass is 79.9. The Balaban J connectivity index is 1.98. The molecule has 2 aromatic rings. The lowest BCUT2D eigenvalue weighted by Crippen LogP contribution is -2.34. The smallest absolute Gasteiger partial charge is 0.0995 e.